The first-order valence-electron chi connectivity index (χ1n) is 9.50. The average Bonchev–Trinajstić information content (AvgIpc) is 2.52. The second kappa shape index (κ2) is 4.30. The Bertz CT molecular complexity index is 482. The fourth-order valence-corrected chi connectivity index (χ4v) is 8.29. The third-order valence-corrected chi connectivity index (χ3v) is 8.69. The van der Waals surface area contributed by atoms with Crippen molar-refractivity contribution in [2.45, 2.75) is 90.8 Å². The molecule has 0 aromatic rings. The summed E-state index contributed by atoms with van der Waals surface area (Å²) >= 11 is 0. The summed E-state index contributed by atoms with van der Waals surface area (Å²) in [6, 6.07) is 0. The quantitative estimate of drug-likeness (QED) is 0.706. The molecular formula is C20H34O2. The molecule has 4 aliphatic carbocycles. The van der Waals surface area contributed by atoms with E-state index in [9.17, 15) is 10.2 Å². The van der Waals surface area contributed by atoms with Gasteiger partial charge in [-0.15, -0.1) is 0 Å². The summed E-state index contributed by atoms with van der Waals surface area (Å²) in [5.41, 5.74) is 0.447. The molecule has 4 aliphatic rings. The Morgan fingerprint density at radius 2 is 1.59 bits per heavy atom. The Morgan fingerprint density at radius 1 is 0.864 bits per heavy atom. The highest BCUT2D eigenvalue weighted by Crippen LogP contribution is 2.72. The number of rotatable bonds is 0. The second-order valence-electron chi connectivity index (χ2n) is 10.6. The Kier molecular flexibility index (Phi) is 3.02. The molecule has 2 N–H and O–H groups in total. The summed E-state index contributed by atoms with van der Waals surface area (Å²) in [5, 5.41) is 21.4. The minimum atomic E-state index is -0.444. The van der Waals surface area contributed by atoms with Crippen LogP contribution in [-0.4, -0.2) is 21.9 Å². The van der Waals surface area contributed by atoms with Crippen molar-refractivity contribution in [3.8, 4) is 0 Å². The molecule has 0 saturated heterocycles. The maximum Gasteiger partial charge on any atom is 0.0653 e. The van der Waals surface area contributed by atoms with Crippen molar-refractivity contribution in [3.63, 3.8) is 0 Å². The molecule has 0 amide bonds. The zero-order chi connectivity index (χ0) is 16.0. The van der Waals surface area contributed by atoms with E-state index >= 15 is 0 Å². The number of aliphatic hydroxyl groups is 2. The number of hydrogen-bond donors (Lipinski definition) is 2. The lowest BCUT2D eigenvalue weighted by molar-refractivity contribution is -0.171. The summed E-state index contributed by atoms with van der Waals surface area (Å²) < 4.78 is 0. The molecule has 0 aromatic carbocycles. The molecule has 2 nitrogen and oxygen atoms in total. The summed E-state index contributed by atoms with van der Waals surface area (Å²) in [4.78, 5) is 0. The van der Waals surface area contributed by atoms with Crippen molar-refractivity contribution in [2.24, 2.45) is 34.0 Å². The molecule has 0 aromatic heterocycles. The second-order valence-corrected chi connectivity index (χ2v) is 10.6. The highest BCUT2D eigenvalue weighted by Gasteiger charge is 2.66. The minimum Gasteiger partial charge on any atom is -0.393 e. The highest BCUT2D eigenvalue weighted by molar-refractivity contribution is 5.16. The van der Waals surface area contributed by atoms with Crippen LogP contribution in [0.25, 0.3) is 0 Å². The lowest BCUT2D eigenvalue weighted by atomic mass is 9.41. The molecule has 1 spiro atoms. The van der Waals surface area contributed by atoms with Crippen LogP contribution in [0.5, 0.6) is 0 Å². The normalized spacial score (nSPS) is 59.7. The molecule has 126 valence electrons. The van der Waals surface area contributed by atoms with Crippen molar-refractivity contribution in [2.75, 3.05) is 0 Å². The molecule has 2 bridgehead atoms. The third kappa shape index (κ3) is 1.86. The van der Waals surface area contributed by atoms with E-state index in [1.54, 1.807) is 0 Å². The van der Waals surface area contributed by atoms with E-state index in [0.29, 0.717) is 17.3 Å². The molecule has 4 saturated carbocycles. The van der Waals surface area contributed by atoms with Crippen molar-refractivity contribution in [1.29, 1.82) is 0 Å². The lowest BCUT2D eigenvalue weighted by Crippen LogP contribution is -2.58. The van der Waals surface area contributed by atoms with Gasteiger partial charge in [-0.25, -0.2) is 0 Å². The van der Waals surface area contributed by atoms with E-state index in [1.165, 1.54) is 32.1 Å². The Hall–Kier alpha value is -0.0800. The zero-order valence-electron chi connectivity index (χ0n) is 14.9. The van der Waals surface area contributed by atoms with Gasteiger partial charge in [-0.3, -0.25) is 0 Å². The van der Waals surface area contributed by atoms with E-state index in [4.69, 9.17) is 0 Å². The number of fused-ring (bicyclic) bond motifs is 3. The number of hydrogen-bond acceptors (Lipinski definition) is 2. The fraction of sp³-hybridized carbons (Fsp3) is 1.00. The van der Waals surface area contributed by atoms with Crippen LogP contribution in [0.3, 0.4) is 0 Å². The van der Waals surface area contributed by atoms with Crippen molar-refractivity contribution in [1.82, 2.24) is 0 Å². The van der Waals surface area contributed by atoms with Crippen LogP contribution < -0.4 is 0 Å². The predicted octanol–water partition coefficient (Wildman–Crippen LogP) is 4.14. The summed E-state index contributed by atoms with van der Waals surface area (Å²) in [5.74, 6) is 1.96. The monoisotopic (exact) mass is 306 g/mol. The van der Waals surface area contributed by atoms with E-state index in [2.05, 4.69) is 27.7 Å². The van der Waals surface area contributed by atoms with Crippen LogP contribution in [-0.2, 0) is 0 Å². The van der Waals surface area contributed by atoms with Crippen LogP contribution >= 0.6 is 0 Å². The molecule has 22 heavy (non-hydrogen) atoms. The van der Waals surface area contributed by atoms with Gasteiger partial charge in [0.25, 0.3) is 0 Å². The molecule has 4 rings (SSSR count). The third-order valence-electron chi connectivity index (χ3n) is 8.69. The first-order chi connectivity index (χ1) is 10.1. The first kappa shape index (κ1) is 15.4. The Labute approximate surface area is 135 Å². The van der Waals surface area contributed by atoms with E-state index in [1.807, 2.05) is 0 Å². The molecule has 2 heteroatoms. The Balaban J connectivity index is 1.74. The Morgan fingerprint density at radius 3 is 2.32 bits per heavy atom. The molecule has 0 aliphatic heterocycles. The zero-order valence-corrected chi connectivity index (χ0v) is 14.9. The van der Waals surface area contributed by atoms with Crippen LogP contribution in [0.4, 0.5) is 0 Å². The molecular weight excluding hydrogens is 272 g/mol. The molecule has 0 heterocycles. The molecule has 0 radical (unpaired) electrons. The molecule has 7 atom stereocenters. The fourth-order valence-electron chi connectivity index (χ4n) is 8.29. The lowest BCUT2D eigenvalue weighted by Gasteiger charge is -2.64. The van der Waals surface area contributed by atoms with Crippen LogP contribution in [0.2, 0.25) is 0 Å². The topological polar surface area (TPSA) is 40.5 Å². The standard InChI is InChI=1S/C20H34O2/c1-17(2)10-14(21)11-18(3)15(17)7-8-20-9-13(5-6-16(18)20)19(4,22)12-20/h13-16,21-22H,5-12H2,1-4H3/t13-,14?,15-,16+,18-,19-,20+/m0/s1. The van der Waals surface area contributed by atoms with Crippen LogP contribution in [0.15, 0.2) is 0 Å². The van der Waals surface area contributed by atoms with Crippen molar-refractivity contribution < 1.29 is 10.2 Å². The van der Waals surface area contributed by atoms with Gasteiger partial charge < -0.3 is 10.2 Å². The first-order valence-corrected chi connectivity index (χ1v) is 9.50. The highest BCUT2D eigenvalue weighted by atomic mass is 16.3. The van der Waals surface area contributed by atoms with Gasteiger partial charge >= 0.3 is 0 Å². The molecule has 4 fully saturated rings. The van der Waals surface area contributed by atoms with Crippen molar-refractivity contribution in [3.05, 3.63) is 0 Å². The van der Waals surface area contributed by atoms with Gasteiger partial charge in [0, 0.05) is 0 Å². The average molecular weight is 306 g/mol. The van der Waals surface area contributed by atoms with E-state index in [0.717, 1.165) is 25.2 Å². The summed E-state index contributed by atoms with van der Waals surface area (Å²) in [6.07, 6.45) is 9.14. The van der Waals surface area contributed by atoms with Gasteiger partial charge in [-0.1, -0.05) is 20.8 Å². The largest absolute Gasteiger partial charge is 0.393 e. The number of aliphatic hydroxyl groups excluding tert-OH is 1. The van der Waals surface area contributed by atoms with Gasteiger partial charge in [0.05, 0.1) is 11.7 Å². The van der Waals surface area contributed by atoms with Crippen LogP contribution in [0, 0.1) is 34.0 Å². The van der Waals surface area contributed by atoms with Gasteiger partial charge in [-0.05, 0) is 92.3 Å². The van der Waals surface area contributed by atoms with Crippen LogP contribution in [0.1, 0.15) is 79.1 Å². The van der Waals surface area contributed by atoms with Crippen molar-refractivity contribution >= 4 is 0 Å². The maximum atomic E-state index is 10.9. The van der Waals surface area contributed by atoms with E-state index in [-0.39, 0.29) is 16.9 Å². The van der Waals surface area contributed by atoms with E-state index < -0.39 is 5.60 Å². The van der Waals surface area contributed by atoms with Gasteiger partial charge in [0.2, 0.25) is 0 Å². The summed E-state index contributed by atoms with van der Waals surface area (Å²) in [7, 11) is 0. The predicted molar refractivity (Wildman–Crippen MR) is 88.4 cm³/mol. The van der Waals surface area contributed by atoms with Gasteiger partial charge in [0.1, 0.15) is 0 Å². The summed E-state index contributed by atoms with van der Waals surface area (Å²) in [6.45, 7) is 9.34. The smallest absolute Gasteiger partial charge is 0.0653 e. The van der Waals surface area contributed by atoms with Gasteiger partial charge in [-0.2, -0.15) is 0 Å². The SMILES string of the molecule is CC1(C)CC(O)C[C@@]2(C)[C@H]1CC[C@]13C[C@H](CC[C@@H]12)[C@@](C)(O)C3. The minimum absolute atomic E-state index is 0.133. The molecule has 1 unspecified atom stereocenters. The maximum absolute atomic E-state index is 10.9. The van der Waals surface area contributed by atoms with Gasteiger partial charge in [0.15, 0.2) is 0 Å².